The molecule has 0 aliphatic heterocycles. The van der Waals surface area contributed by atoms with E-state index in [2.05, 4.69) is 24.5 Å². The molecule has 0 unspecified atom stereocenters. The maximum absolute atomic E-state index is 4.03. The van der Waals surface area contributed by atoms with E-state index < -0.39 is 0 Å². The number of nitrogens with one attached hydrogen (secondary N) is 1. The molecule has 0 aromatic heterocycles. The lowest BCUT2D eigenvalue weighted by Gasteiger charge is -2.06. The Balaban J connectivity index is 3.02. The van der Waals surface area contributed by atoms with Gasteiger partial charge in [-0.05, 0) is 12.8 Å². The van der Waals surface area contributed by atoms with Crippen molar-refractivity contribution < 1.29 is 0 Å². The zero-order valence-electron chi connectivity index (χ0n) is 18.3. The Hall–Kier alpha value is -0.110. The predicted octanol–water partition coefficient (Wildman–Crippen LogP) is 9.19. The van der Waals surface area contributed by atoms with Crippen LogP contribution < -0.4 is 4.72 Å². The summed E-state index contributed by atoms with van der Waals surface area (Å²) in [6.07, 6.45) is 30.6. The smallest absolute Gasteiger partial charge is 0.0139 e. The van der Waals surface area contributed by atoms with E-state index in [1.807, 2.05) is 0 Å². The molecule has 0 atom stereocenters. The summed E-state index contributed by atoms with van der Waals surface area (Å²) in [5, 5.41) is 0. The molecule has 0 heterocycles. The molecule has 0 amide bonds. The zero-order valence-corrected chi connectivity index (χ0v) is 19.1. The lowest BCUT2D eigenvalue weighted by molar-refractivity contribution is 0.523. The van der Waals surface area contributed by atoms with Crippen LogP contribution in [0.4, 0.5) is 0 Å². The van der Waals surface area contributed by atoms with Crippen LogP contribution in [0.2, 0.25) is 0 Å². The normalized spacial score (nSPS) is 11.0. The van der Waals surface area contributed by atoms with Crippen LogP contribution in [-0.4, -0.2) is 6.26 Å². The summed E-state index contributed by atoms with van der Waals surface area (Å²) >= 11 is 1.65. The van der Waals surface area contributed by atoms with E-state index in [4.69, 9.17) is 0 Å². The van der Waals surface area contributed by atoms with E-state index in [0.717, 1.165) is 6.42 Å². The van der Waals surface area contributed by atoms with Gasteiger partial charge in [0.15, 0.2) is 0 Å². The summed E-state index contributed by atoms with van der Waals surface area (Å²) in [4.78, 5) is 0. The van der Waals surface area contributed by atoms with Crippen molar-refractivity contribution in [1.82, 2.24) is 4.72 Å². The van der Waals surface area contributed by atoms with Gasteiger partial charge in [0.1, 0.15) is 0 Å². The van der Waals surface area contributed by atoms with Crippen LogP contribution in [0.15, 0.2) is 12.3 Å². The van der Waals surface area contributed by atoms with Crippen LogP contribution in [0.25, 0.3) is 0 Å². The van der Waals surface area contributed by atoms with E-state index in [1.54, 1.807) is 11.9 Å². The van der Waals surface area contributed by atoms with Gasteiger partial charge in [-0.2, -0.15) is 0 Å². The largest absolute Gasteiger partial charge is 0.334 e. The topological polar surface area (TPSA) is 12.0 Å². The fourth-order valence-corrected chi connectivity index (χ4v) is 4.00. The maximum Gasteiger partial charge on any atom is 0.0139 e. The van der Waals surface area contributed by atoms with Gasteiger partial charge in [0.05, 0.1) is 0 Å². The van der Waals surface area contributed by atoms with Crippen LogP contribution in [0, 0.1) is 0 Å². The molecule has 1 nitrogen and oxygen atoms in total. The summed E-state index contributed by atoms with van der Waals surface area (Å²) in [6.45, 7) is 6.33. The van der Waals surface area contributed by atoms with Crippen molar-refractivity contribution in [3.8, 4) is 0 Å². The molecule has 156 valence electrons. The molecular formula is C24H49NS. The van der Waals surface area contributed by atoms with E-state index in [1.165, 1.54) is 128 Å². The molecule has 0 aromatic rings. The molecule has 1 N–H and O–H groups in total. The van der Waals surface area contributed by atoms with Gasteiger partial charge in [-0.3, -0.25) is 0 Å². The van der Waals surface area contributed by atoms with Gasteiger partial charge in [0.25, 0.3) is 0 Å². The van der Waals surface area contributed by atoms with Crippen molar-refractivity contribution >= 4 is 11.9 Å². The first kappa shape index (κ1) is 25.9. The Morgan fingerprint density at radius 2 is 0.885 bits per heavy atom. The number of rotatable bonds is 22. The van der Waals surface area contributed by atoms with E-state index in [0.29, 0.717) is 0 Å². The highest BCUT2D eigenvalue weighted by Crippen LogP contribution is 2.15. The quantitative estimate of drug-likeness (QED) is 0.148. The third kappa shape index (κ3) is 21.9. The molecule has 0 aromatic carbocycles. The van der Waals surface area contributed by atoms with E-state index in [9.17, 15) is 0 Å². The first-order valence-electron chi connectivity index (χ1n) is 11.8. The van der Waals surface area contributed by atoms with Crippen molar-refractivity contribution in [2.45, 2.75) is 135 Å². The molecule has 0 rings (SSSR count). The third-order valence-corrected chi connectivity index (χ3v) is 5.82. The molecule has 0 saturated carbocycles. The average molecular weight is 384 g/mol. The maximum atomic E-state index is 4.03. The summed E-state index contributed by atoms with van der Waals surface area (Å²) < 4.78 is 3.23. The standard InChI is InChI=1S/C24H49NS/c1-4-5-6-7-8-9-10-11-12-13-14-15-16-17-18-19-20-21-22-23-24(2)25-26-3/h25H,2,4-23H2,1,3H3. The number of unbranched alkanes of at least 4 members (excludes halogenated alkanes) is 18. The monoisotopic (exact) mass is 383 g/mol. The predicted molar refractivity (Wildman–Crippen MR) is 124 cm³/mol. The van der Waals surface area contributed by atoms with Crippen LogP contribution in [0.5, 0.6) is 0 Å². The van der Waals surface area contributed by atoms with Crippen LogP contribution in [0.3, 0.4) is 0 Å². The molecule has 0 saturated heterocycles. The SMILES string of the molecule is C=C(CCCCCCCCCCCCCCCCCCCCC)NSC. The van der Waals surface area contributed by atoms with Crippen LogP contribution in [-0.2, 0) is 0 Å². The lowest BCUT2D eigenvalue weighted by atomic mass is 10.0. The molecule has 0 aliphatic carbocycles. The van der Waals surface area contributed by atoms with Crippen LogP contribution >= 0.6 is 11.9 Å². The minimum absolute atomic E-state index is 1.14. The van der Waals surface area contributed by atoms with Crippen molar-refractivity contribution in [3.63, 3.8) is 0 Å². The molecule has 2 heteroatoms. The van der Waals surface area contributed by atoms with Gasteiger partial charge in [0.2, 0.25) is 0 Å². The highest BCUT2D eigenvalue weighted by Gasteiger charge is 1.96. The fraction of sp³-hybridized carbons (Fsp3) is 0.917. The van der Waals surface area contributed by atoms with Gasteiger partial charge in [-0.1, -0.05) is 141 Å². The van der Waals surface area contributed by atoms with Crippen molar-refractivity contribution in [2.75, 3.05) is 6.26 Å². The number of allylic oxidation sites excluding steroid dienone is 1. The number of hydrogen-bond acceptors (Lipinski definition) is 2. The molecular weight excluding hydrogens is 334 g/mol. The molecule has 0 bridgehead atoms. The van der Waals surface area contributed by atoms with Gasteiger partial charge < -0.3 is 4.72 Å². The Morgan fingerprint density at radius 3 is 1.19 bits per heavy atom. The van der Waals surface area contributed by atoms with Crippen molar-refractivity contribution in [2.24, 2.45) is 0 Å². The second-order valence-corrected chi connectivity index (χ2v) is 8.64. The van der Waals surface area contributed by atoms with E-state index in [-0.39, 0.29) is 0 Å². The van der Waals surface area contributed by atoms with Gasteiger partial charge in [-0.25, -0.2) is 0 Å². The Morgan fingerprint density at radius 1 is 0.577 bits per heavy atom. The van der Waals surface area contributed by atoms with E-state index >= 15 is 0 Å². The molecule has 0 spiro atoms. The molecule has 0 radical (unpaired) electrons. The third-order valence-electron chi connectivity index (χ3n) is 5.33. The molecule has 0 fully saturated rings. The van der Waals surface area contributed by atoms with Crippen LogP contribution in [0.1, 0.15) is 135 Å². The number of hydrogen-bond donors (Lipinski definition) is 1. The summed E-state index contributed by atoms with van der Waals surface area (Å²) in [7, 11) is 0. The second-order valence-electron chi connectivity index (χ2n) is 8.02. The highest BCUT2D eigenvalue weighted by molar-refractivity contribution is 7.96. The van der Waals surface area contributed by atoms with Gasteiger partial charge >= 0.3 is 0 Å². The van der Waals surface area contributed by atoms with Crippen molar-refractivity contribution in [1.29, 1.82) is 0 Å². The van der Waals surface area contributed by atoms with Gasteiger partial charge in [-0.15, -0.1) is 0 Å². The minimum atomic E-state index is 1.14. The Bertz CT molecular complexity index is 277. The molecule has 0 aliphatic rings. The summed E-state index contributed by atoms with van der Waals surface area (Å²) in [6, 6.07) is 0. The average Bonchev–Trinajstić information content (AvgIpc) is 2.64. The zero-order chi connectivity index (χ0) is 19.1. The fourth-order valence-electron chi connectivity index (χ4n) is 3.61. The summed E-state index contributed by atoms with van der Waals surface area (Å²) in [5.41, 5.74) is 1.18. The minimum Gasteiger partial charge on any atom is -0.334 e. The highest BCUT2D eigenvalue weighted by atomic mass is 32.2. The Kier molecular flexibility index (Phi) is 22.8. The molecule has 26 heavy (non-hydrogen) atoms. The Labute approximate surface area is 170 Å². The first-order valence-corrected chi connectivity index (χ1v) is 13.0. The lowest BCUT2D eigenvalue weighted by Crippen LogP contribution is -2.00. The van der Waals surface area contributed by atoms with Gasteiger partial charge in [0, 0.05) is 12.0 Å². The summed E-state index contributed by atoms with van der Waals surface area (Å²) in [5.74, 6) is 0. The van der Waals surface area contributed by atoms with Crippen molar-refractivity contribution in [3.05, 3.63) is 12.3 Å². The first-order chi connectivity index (χ1) is 12.8. The second kappa shape index (κ2) is 22.9.